The number of nitrogens with zero attached hydrogens (tertiary/aromatic N) is 2. The zero-order valence-corrected chi connectivity index (χ0v) is 14.5. The van der Waals surface area contributed by atoms with Crippen LogP contribution in [-0.4, -0.2) is 55.0 Å². The molecule has 1 atom stereocenters. The van der Waals surface area contributed by atoms with Gasteiger partial charge in [0, 0.05) is 19.6 Å². The number of carbonyl (C=O) groups excluding carboxylic acids is 1. The fourth-order valence-electron chi connectivity index (χ4n) is 3.92. The minimum atomic E-state index is -2.93. The van der Waals surface area contributed by atoms with Gasteiger partial charge in [-0.25, -0.2) is 0 Å². The molecule has 138 valence electrons. The van der Waals surface area contributed by atoms with Gasteiger partial charge in [-0.3, -0.25) is 4.79 Å². The van der Waals surface area contributed by atoms with Crippen LogP contribution in [0.2, 0.25) is 0 Å². The van der Waals surface area contributed by atoms with Crippen LogP contribution in [0.3, 0.4) is 0 Å². The predicted octanol–water partition coefficient (Wildman–Crippen LogP) is 3.63. The Morgan fingerprint density at radius 3 is 2.64 bits per heavy atom. The number of rotatable bonds is 5. The number of benzene rings is 1. The summed E-state index contributed by atoms with van der Waals surface area (Å²) in [6, 6.07) is 6.27. The number of carbonyl (C=O) groups is 1. The third-order valence-electron chi connectivity index (χ3n) is 5.10. The smallest absolute Gasteiger partial charge is 0.387 e. The molecule has 6 heteroatoms. The van der Waals surface area contributed by atoms with E-state index in [0.717, 1.165) is 32.5 Å². The zero-order chi connectivity index (χ0) is 17.6. The average molecular weight is 352 g/mol. The standard InChI is InChI=1S/C19H26F2N2O2/c20-19(21)25-17-9-3-2-8-16(17)18(24)23-12-6-7-15(14-23)13-22-10-4-1-5-11-22/h2-3,8-9,15,19H,1,4-7,10-14H2/t15-/m1/s1. The molecule has 0 aliphatic carbocycles. The molecule has 0 aromatic heterocycles. The van der Waals surface area contributed by atoms with Crippen LogP contribution in [0, 0.1) is 5.92 Å². The largest absolute Gasteiger partial charge is 0.434 e. The number of halogens is 2. The molecule has 0 saturated carbocycles. The Balaban J connectivity index is 1.63. The molecule has 2 heterocycles. The molecule has 25 heavy (non-hydrogen) atoms. The molecule has 1 aromatic carbocycles. The van der Waals surface area contributed by atoms with Crippen molar-refractivity contribution in [2.75, 3.05) is 32.7 Å². The maximum atomic E-state index is 12.8. The van der Waals surface area contributed by atoms with Crippen molar-refractivity contribution < 1.29 is 18.3 Å². The average Bonchev–Trinajstić information content (AvgIpc) is 2.62. The third kappa shape index (κ3) is 4.91. The molecule has 0 N–H and O–H groups in total. The quantitative estimate of drug-likeness (QED) is 0.811. The van der Waals surface area contributed by atoms with Gasteiger partial charge in [-0.05, 0) is 56.8 Å². The van der Waals surface area contributed by atoms with Crippen molar-refractivity contribution in [3.05, 3.63) is 29.8 Å². The first-order valence-corrected chi connectivity index (χ1v) is 9.19. The van der Waals surface area contributed by atoms with Crippen LogP contribution < -0.4 is 4.74 Å². The highest BCUT2D eigenvalue weighted by atomic mass is 19.3. The van der Waals surface area contributed by atoms with Gasteiger partial charge in [0.2, 0.25) is 0 Å². The lowest BCUT2D eigenvalue weighted by molar-refractivity contribution is -0.0503. The number of hydrogen-bond acceptors (Lipinski definition) is 3. The zero-order valence-electron chi connectivity index (χ0n) is 14.5. The van der Waals surface area contributed by atoms with Crippen molar-refractivity contribution in [3.8, 4) is 5.75 Å². The van der Waals surface area contributed by atoms with Crippen molar-refractivity contribution in [3.63, 3.8) is 0 Å². The Morgan fingerprint density at radius 2 is 1.88 bits per heavy atom. The number of likely N-dealkylation sites (tertiary alicyclic amines) is 2. The monoisotopic (exact) mass is 352 g/mol. The summed E-state index contributed by atoms with van der Waals surface area (Å²) in [4.78, 5) is 17.1. The summed E-state index contributed by atoms with van der Waals surface area (Å²) >= 11 is 0. The molecule has 0 bridgehead atoms. The van der Waals surface area contributed by atoms with Crippen molar-refractivity contribution in [1.82, 2.24) is 9.80 Å². The Labute approximate surface area is 147 Å². The SMILES string of the molecule is O=C(c1ccccc1OC(F)F)N1CCC[C@H](CN2CCCCC2)C1. The van der Waals surface area contributed by atoms with E-state index < -0.39 is 6.61 Å². The lowest BCUT2D eigenvalue weighted by Gasteiger charge is -2.37. The van der Waals surface area contributed by atoms with Crippen molar-refractivity contribution in [1.29, 1.82) is 0 Å². The Bertz CT molecular complexity index is 576. The second-order valence-electron chi connectivity index (χ2n) is 7.00. The van der Waals surface area contributed by atoms with E-state index in [0.29, 0.717) is 19.0 Å². The van der Waals surface area contributed by atoms with Gasteiger partial charge in [0.25, 0.3) is 5.91 Å². The topological polar surface area (TPSA) is 32.8 Å². The summed E-state index contributed by atoms with van der Waals surface area (Å²) in [7, 11) is 0. The first-order chi connectivity index (χ1) is 12.1. The third-order valence-corrected chi connectivity index (χ3v) is 5.10. The van der Waals surface area contributed by atoms with E-state index in [2.05, 4.69) is 9.64 Å². The molecule has 0 radical (unpaired) electrons. The number of alkyl halides is 2. The number of hydrogen-bond donors (Lipinski definition) is 0. The lowest BCUT2D eigenvalue weighted by Crippen LogP contribution is -2.44. The highest BCUT2D eigenvalue weighted by Gasteiger charge is 2.28. The van der Waals surface area contributed by atoms with Gasteiger partial charge in [0.05, 0.1) is 5.56 Å². The van der Waals surface area contributed by atoms with Crippen molar-refractivity contribution >= 4 is 5.91 Å². The molecular weight excluding hydrogens is 326 g/mol. The molecule has 2 saturated heterocycles. The van der Waals surface area contributed by atoms with Crippen LogP contribution in [-0.2, 0) is 0 Å². The van der Waals surface area contributed by atoms with Gasteiger partial charge in [-0.15, -0.1) is 0 Å². The molecule has 2 aliphatic heterocycles. The Kier molecular flexibility index (Phi) is 6.24. The number of piperidine rings is 2. The molecule has 3 rings (SSSR count). The van der Waals surface area contributed by atoms with E-state index in [1.54, 1.807) is 23.1 Å². The predicted molar refractivity (Wildman–Crippen MR) is 92.0 cm³/mol. The van der Waals surface area contributed by atoms with E-state index in [9.17, 15) is 13.6 Å². The second kappa shape index (κ2) is 8.61. The molecule has 2 fully saturated rings. The number of amides is 1. The normalized spacial score (nSPS) is 22.2. The summed E-state index contributed by atoms with van der Waals surface area (Å²) in [5.41, 5.74) is 0.224. The van der Waals surface area contributed by atoms with Crippen LogP contribution in [0.5, 0.6) is 5.75 Å². The molecule has 0 unspecified atom stereocenters. The summed E-state index contributed by atoms with van der Waals surface area (Å²) < 4.78 is 29.7. The van der Waals surface area contributed by atoms with E-state index in [4.69, 9.17) is 0 Å². The molecule has 1 amide bonds. The second-order valence-corrected chi connectivity index (χ2v) is 7.00. The van der Waals surface area contributed by atoms with Crippen molar-refractivity contribution in [2.45, 2.75) is 38.7 Å². The van der Waals surface area contributed by atoms with Gasteiger partial charge in [0.15, 0.2) is 0 Å². The minimum Gasteiger partial charge on any atom is -0.434 e. The molecular formula is C19H26F2N2O2. The van der Waals surface area contributed by atoms with Crippen LogP contribution in [0.4, 0.5) is 8.78 Å². The van der Waals surface area contributed by atoms with Crippen LogP contribution in [0.25, 0.3) is 0 Å². The van der Waals surface area contributed by atoms with E-state index in [-0.39, 0.29) is 17.2 Å². The first-order valence-electron chi connectivity index (χ1n) is 9.19. The maximum absolute atomic E-state index is 12.8. The van der Waals surface area contributed by atoms with Crippen LogP contribution in [0.1, 0.15) is 42.5 Å². The lowest BCUT2D eigenvalue weighted by atomic mass is 9.95. The summed E-state index contributed by atoms with van der Waals surface area (Å²) in [6.07, 6.45) is 5.91. The summed E-state index contributed by atoms with van der Waals surface area (Å²) in [5, 5.41) is 0. The van der Waals surface area contributed by atoms with Gasteiger partial charge >= 0.3 is 6.61 Å². The van der Waals surface area contributed by atoms with Crippen LogP contribution in [0.15, 0.2) is 24.3 Å². The van der Waals surface area contributed by atoms with Gasteiger partial charge < -0.3 is 14.5 Å². The van der Waals surface area contributed by atoms with Crippen LogP contribution >= 0.6 is 0 Å². The molecule has 2 aliphatic rings. The van der Waals surface area contributed by atoms with E-state index >= 15 is 0 Å². The molecule has 1 aromatic rings. The number of para-hydroxylation sites is 1. The minimum absolute atomic E-state index is 0.0411. The molecule has 0 spiro atoms. The molecule has 4 nitrogen and oxygen atoms in total. The van der Waals surface area contributed by atoms with Gasteiger partial charge in [-0.1, -0.05) is 18.6 Å². The fourth-order valence-corrected chi connectivity index (χ4v) is 3.92. The maximum Gasteiger partial charge on any atom is 0.387 e. The first kappa shape index (κ1) is 18.1. The highest BCUT2D eigenvalue weighted by molar-refractivity contribution is 5.97. The van der Waals surface area contributed by atoms with Crippen molar-refractivity contribution in [2.24, 2.45) is 5.92 Å². The summed E-state index contributed by atoms with van der Waals surface area (Å²) in [5.74, 6) is 0.208. The van der Waals surface area contributed by atoms with E-state index in [1.807, 2.05) is 0 Å². The van der Waals surface area contributed by atoms with Gasteiger partial charge in [0.1, 0.15) is 5.75 Å². The fraction of sp³-hybridized carbons (Fsp3) is 0.632. The van der Waals surface area contributed by atoms with Gasteiger partial charge in [-0.2, -0.15) is 8.78 Å². The highest BCUT2D eigenvalue weighted by Crippen LogP contribution is 2.25. The van der Waals surface area contributed by atoms with E-state index in [1.165, 1.54) is 25.3 Å². The summed E-state index contributed by atoms with van der Waals surface area (Å²) in [6.45, 7) is 1.77. The Morgan fingerprint density at radius 1 is 1.12 bits per heavy atom. The number of ether oxygens (including phenoxy) is 1. The Hall–Kier alpha value is -1.69.